The van der Waals surface area contributed by atoms with Crippen molar-refractivity contribution in [3.05, 3.63) is 58.8 Å². The molecular formula is C26H34N4O. The number of benzene rings is 1. The fraction of sp³-hybridized carbons (Fsp3) is 0.538. The number of carbonyl (C=O) groups is 1. The zero-order valence-corrected chi connectivity index (χ0v) is 18.7. The Morgan fingerprint density at radius 2 is 1.77 bits per heavy atom. The van der Waals surface area contributed by atoms with Crippen LogP contribution in [0.4, 0.5) is 5.82 Å². The first kappa shape index (κ1) is 20.5. The van der Waals surface area contributed by atoms with Crippen LogP contribution in [0.5, 0.6) is 0 Å². The van der Waals surface area contributed by atoms with E-state index in [4.69, 9.17) is 0 Å². The molecule has 2 saturated heterocycles. The number of aryl methyl sites for hydroxylation is 2. The summed E-state index contributed by atoms with van der Waals surface area (Å²) in [7, 11) is 1.99. The highest BCUT2D eigenvalue weighted by Crippen LogP contribution is 2.25. The van der Waals surface area contributed by atoms with Gasteiger partial charge in [-0.05, 0) is 85.9 Å². The Balaban J connectivity index is 1.16. The lowest BCUT2D eigenvalue weighted by molar-refractivity contribution is 0.0636. The van der Waals surface area contributed by atoms with E-state index in [9.17, 15) is 4.79 Å². The van der Waals surface area contributed by atoms with Crippen LogP contribution in [-0.2, 0) is 19.4 Å². The molecule has 3 aliphatic rings. The van der Waals surface area contributed by atoms with Crippen molar-refractivity contribution < 1.29 is 4.79 Å². The van der Waals surface area contributed by atoms with E-state index in [0.29, 0.717) is 6.04 Å². The second kappa shape index (κ2) is 8.99. The molecule has 0 bridgehead atoms. The third-order valence-electron chi connectivity index (χ3n) is 7.42. The smallest absolute Gasteiger partial charge is 0.253 e. The van der Waals surface area contributed by atoms with Crippen molar-refractivity contribution in [2.45, 2.75) is 57.5 Å². The summed E-state index contributed by atoms with van der Waals surface area (Å²) in [5.74, 6) is 1.31. The average molecular weight is 419 g/mol. The van der Waals surface area contributed by atoms with E-state index >= 15 is 0 Å². The fourth-order valence-electron chi connectivity index (χ4n) is 5.48. The second-order valence-electron chi connectivity index (χ2n) is 9.48. The molecule has 0 spiro atoms. The van der Waals surface area contributed by atoms with Gasteiger partial charge in [0.1, 0.15) is 5.82 Å². The van der Waals surface area contributed by atoms with Gasteiger partial charge in [-0.15, -0.1) is 0 Å². The summed E-state index contributed by atoms with van der Waals surface area (Å²) in [6, 6.07) is 11.1. The Bertz CT molecular complexity index is 929. The Morgan fingerprint density at radius 1 is 1.00 bits per heavy atom. The van der Waals surface area contributed by atoms with Crippen molar-refractivity contribution in [3.63, 3.8) is 0 Å². The van der Waals surface area contributed by atoms with E-state index in [0.717, 1.165) is 69.8 Å². The number of piperidine rings is 1. The predicted octanol–water partition coefficient (Wildman–Crippen LogP) is 3.91. The van der Waals surface area contributed by atoms with Crippen LogP contribution in [0.25, 0.3) is 0 Å². The van der Waals surface area contributed by atoms with E-state index in [1.54, 1.807) is 0 Å². The van der Waals surface area contributed by atoms with Gasteiger partial charge in [0, 0.05) is 57.6 Å². The van der Waals surface area contributed by atoms with Crippen LogP contribution in [0.1, 0.15) is 59.2 Å². The summed E-state index contributed by atoms with van der Waals surface area (Å²) in [6.45, 7) is 5.30. The molecule has 0 unspecified atom stereocenters. The van der Waals surface area contributed by atoms with E-state index in [1.165, 1.54) is 36.0 Å². The standard InChI is InChI=1S/C26H34N4O/c1-28(26(31)23-8-7-21-5-4-6-22(21)18-23)24-10-15-29(16-11-24)19-20-9-12-27-25(17-20)30-13-2-3-14-30/h7-9,12,17-18,24H,2-6,10-11,13-16,19H2,1H3. The van der Waals surface area contributed by atoms with Gasteiger partial charge in [-0.3, -0.25) is 9.69 Å². The summed E-state index contributed by atoms with van der Waals surface area (Å²) in [5.41, 5.74) is 5.01. The van der Waals surface area contributed by atoms with E-state index in [2.05, 4.69) is 39.0 Å². The molecule has 5 nitrogen and oxygen atoms in total. The summed E-state index contributed by atoms with van der Waals surface area (Å²) >= 11 is 0. The van der Waals surface area contributed by atoms with Crippen LogP contribution >= 0.6 is 0 Å². The highest BCUT2D eigenvalue weighted by molar-refractivity contribution is 5.94. The minimum absolute atomic E-state index is 0.178. The summed E-state index contributed by atoms with van der Waals surface area (Å²) in [5, 5.41) is 0. The number of likely N-dealkylation sites (tertiary alicyclic amines) is 1. The molecule has 31 heavy (non-hydrogen) atoms. The van der Waals surface area contributed by atoms with Crippen LogP contribution in [0.3, 0.4) is 0 Å². The van der Waals surface area contributed by atoms with Crippen molar-refractivity contribution in [1.82, 2.24) is 14.8 Å². The van der Waals surface area contributed by atoms with Crippen LogP contribution in [0.15, 0.2) is 36.5 Å². The number of fused-ring (bicyclic) bond motifs is 1. The van der Waals surface area contributed by atoms with Crippen LogP contribution in [-0.4, -0.2) is 60.0 Å². The monoisotopic (exact) mass is 418 g/mol. The molecular weight excluding hydrogens is 384 g/mol. The zero-order valence-electron chi connectivity index (χ0n) is 18.7. The van der Waals surface area contributed by atoms with E-state index in [-0.39, 0.29) is 5.91 Å². The molecule has 1 aromatic heterocycles. The van der Waals surface area contributed by atoms with Crippen molar-refractivity contribution in [2.24, 2.45) is 0 Å². The number of rotatable bonds is 5. The maximum absolute atomic E-state index is 13.1. The maximum Gasteiger partial charge on any atom is 0.253 e. The van der Waals surface area contributed by atoms with Gasteiger partial charge in [0.15, 0.2) is 0 Å². The topological polar surface area (TPSA) is 39.7 Å². The first-order valence-electron chi connectivity index (χ1n) is 12.0. The normalized spacial score (nSPS) is 19.6. The molecule has 164 valence electrons. The van der Waals surface area contributed by atoms with Crippen molar-refractivity contribution >= 4 is 11.7 Å². The SMILES string of the molecule is CN(C(=O)c1ccc2c(c1)CCC2)C1CCN(Cc2ccnc(N3CCCC3)c2)CC1. The Kier molecular flexibility index (Phi) is 5.95. The van der Waals surface area contributed by atoms with Crippen LogP contribution in [0.2, 0.25) is 0 Å². The molecule has 0 atom stereocenters. The molecule has 2 fully saturated rings. The molecule has 0 N–H and O–H groups in total. The first-order chi connectivity index (χ1) is 15.2. The van der Waals surface area contributed by atoms with Gasteiger partial charge in [-0.2, -0.15) is 0 Å². The molecule has 5 heteroatoms. The van der Waals surface area contributed by atoms with E-state index < -0.39 is 0 Å². The number of nitrogens with zero attached hydrogens (tertiary/aromatic N) is 4. The summed E-state index contributed by atoms with van der Waals surface area (Å²) in [4.78, 5) is 24.6. The summed E-state index contributed by atoms with van der Waals surface area (Å²) < 4.78 is 0. The van der Waals surface area contributed by atoms with Crippen molar-refractivity contribution in [1.29, 1.82) is 0 Å². The van der Waals surface area contributed by atoms with Gasteiger partial charge in [0.2, 0.25) is 0 Å². The molecule has 1 amide bonds. The second-order valence-corrected chi connectivity index (χ2v) is 9.48. The summed E-state index contributed by atoms with van der Waals surface area (Å²) in [6.07, 6.45) is 10.1. The zero-order chi connectivity index (χ0) is 21.2. The highest BCUT2D eigenvalue weighted by atomic mass is 16.2. The molecule has 2 aliphatic heterocycles. The Hall–Kier alpha value is -2.40. The number of carbonyl (C=O) groups excluding carboxylic acids is 1. The lowest BCUT2D eigenvalue weighted by Gasteiger charge is -2.37. The average Bonchev–Trinajstić information content (AvgIpc) is 3.50. The highest BCUT2D eigenvalue weighted by Gasteiger charge is 2.27. The number of aromatic nitrogens is 1. The Labute approximate surface area is 186 Å². The predicted molar refractivity (Wildman–Crippen MR) is 125 cm³/mol. The van der Waals surface area contributed by atoms with Crippen LogP contribution in [0, 0.1) is 0 Å². The number of hydrogen-bond donors (Lipinski definition) is 0. The number of hydrogen-bond acceptors (Lipinski definition) is 4. The lowest BCUT2D eigenvalue weighted by atomic mass is 10.0. The van der Waals surface area contributed by atoms with Crippen molar-refractivity contribution in [3.8, 4) is 0 Å². The molecule has 3 heterocycles. The minimum atomic E-state index is 0.178. The molecule has 2 aromatic rings. The Morgan fingerprint density at radius 3 is 2.58 bits per heavy atom. The number of anilines is 1. The van der Waals surface area contributed by atoms with Crippen LogP contribution < -0.4 is 4.90 Å². The molecule has 0 radical (unpaired) electrons. The molecule has 0 saturated carbocycles. The molecule has 1 aliphatic carbocycles. The van der Waals surface area contributed by atoms with Gasteiger partial charge in [0.05, 0.1) is 0 Å². The molecule has 1 aromatic carbocycles. The van der Waals surface area contributed by atoms with Gasteiger partial charge < -0.3 is 9.80 Å². The van der Waals surface area contributed by atoms with Gasteiger partial charge in [0.25, 0.3) is 5.91 Å². The van der Waals surface area contributed by atoms with Gasteiger partial charge >= 0.3 is 0 Å². The van der Waals surface area contributed by atoms with Gasteiger partial charge in [-0.1, -0.05) is 6.07 Å². The molecule has 5 rings (SSSR count). The fourth-order valence-corrected chi connectivity index (χ4v) is 5.48. The largest absolute Gasteiger partial charge is 0.357 e. The quantitative estimate of drug-likeness (QED) is 0.738. The van der Waals surface area contributed by atoms with Gasteiger partial charge in [-0.25, -0.2) is 4.98 Å². The van der Waals surface area contributed by atoms with E-state index in [1.807, 2.05) is 24.2 Å². The minimum Gasteiger partial charge on any atom is -0.357 e. The number of amides is 1. The lowest BCUT2D eigenvalue weighted by Crippen LogP contribution is -2.45. The third-order valence-corrected chi connectivity index (χ3v) is 7.42. The van der Waals surface area contributed by atoms with Crippen molar-refractivity contribution in [2.75, 3.05) is 38.1 Å². The third kappa shape index (κ3) is 4.47. The first-order valence-corrected chi connectivity index (χ1v) is 12.0. The number of pyridine rings is 1. The maximum atomic E-state index is 13.1.